The molecule has 2 rings (SSSR count). The second-order valence-electron chi connectivity index (χ2n) is 3.18. The molecule has 0 aliphatic rings. The minimum atomic E-state index is 0.266. The van der Waals surface area contributed by atoms with Crippen LogP contribution in [0.1, 0.15) is 0 Å². The number of benzene rings is 2. The number of halogens is 2. The topological polar surface area (TPSA) is 20.2 Å². The molecule has 0 saturated heterocycles. The Labute approximate surface area is 101 Å². The molecule has 0 saturated carbocycles. The summed E-state index contributed by atoms with van der Waals surface area (Å²) in [5.41, 5.74) is 2.06. The maximum absolute atomic E-state index is 9.17. The van der Waals surface area contributed by atoms with Crippen molar-refractivity contribution in [3.05, 3.63) is 52.0 Å². The van der Waals surface area contributed by atoms with Crippen molar-refractivity contribution in [2.45, 2.75) is 0 Å². The van der Waals surface area contributed by atoms with Crippen molar-refractivity contribution in [3.63, 3.8) is 0 Å². The lowest BCUT2D eigenvalue weighted by Crippen LogP contribution is -1.78. The second-order valence-corrected chi connectivity index (χ2v) is 4.44. The van der Waals surface area contributed by atoms with Gasteiger partial charge in [0.15, 0.2) is 0 Å². The van der Waals surface area contributed by atoms with Crippen LogP contribution in [0.2, 0.25) is 5.02 Å². The molecule has 0 aliphatic heterocycles. The molecule has 0 fully saturated rings. The van der Waals surface area contributed by atoms with Crippen LogP contribution in [-0.4, -0.2) is 5.11 Å². The average Bonchev–Trinajstić information content (AvgIpc) is 2.23. The number of phenols is 1. The zero-order chi connectivity index (χ0) is 10.8. The number of phenolic OH excluding ortho intramolecular Hbond substituents is 1. The molecule has 1 nitrogen and oxygen atoms in total. The molecule has 0 amide bonds. The molecule has 0 heterocycles. The SMILES string of the molecule is Oc1ccc(-c2ccc(Br)c(Cl)c2)cc1. The summed E-state index contributed by atoms with van der Waals surface area (Å²) in [4.78, 5) is 0. The van der Waals surface area contributed by atoms with E-state index in [-0.39, 0.29) is 5.75 Å². The van der Waals surface area contributed by atoms with Gasteiger partial charge in [-0.05, 0) is 51.3 Å². The fraction of sp³-hybridized carbons (Fsp3) is 0. The number of hydrogen-bond acceptors (Lipinski definition) is 1. The molecule has 2 aromatic rings. The van der Waals surface area contributed by atoms with Crippen LogP contribution in [0.3, 0.4) is 0 Å². The quantitative estimate of drug-likeness (QED) is 0.818. The Balaban J connectivity index is 2.45. The van der Waals surface area contributed by atoms with E-state index in [1.54, 1.807) is 12.1 Å². The summed E-state index contributed by atoms with van der Waals surface area (Å²) in [5.74, 6) is 0.266. The first kappa shape index (κ1) is 10.5. The van der Waals surface area contributed by atoms with E-state index in [2.05, 4.69) is 15.9 Å². The molecule has 15 heavy (non-hydrogen) atoms. The zero-order valence-corrected chi connectivity index (χ0v) is 10.1. The van der Waals surface area contributed by atoms with E-state index in [1.807, 2.05) is 30.3 Å². The third-order valence-corrected chi connectivity index (χ3v) is 3.35. The van der Waals surface area contributed by atoms with E-state index >= 15 is 0 Å². The zero-order valence-electron chi connectivity index (χ0n) is 7.74. The van der Waals surface area contributed by atoms with E-state index in [0.717, 1.165) is 15.6 Å². The standard InChI is InChI=1S/C12H8BrClO/c13-11-6-3-9(7-12(11)14)8-1-4-10(15)5-2-8/h1-7,15H. The van der Waals surface area contributed by atoms with Gasteiger partial charge >= 0.3 is 0 Å². The molecular weight excluding hydrogens is 275 g/mol. The second kappa shape index (κ2) is 4.25. The molecule has 0 bridgehead atoms. The summed E-state index contributed by atoms with van der Waals surface area (Å²) in [6, 6.07) is 12.8. The number of aromatic hydroxyl groups is 1. The van der Waals surface area contributed by atoms with Gasteiger partial charge < -0.3 is 5.11 Å². The molecule has 0 unspecified atom stereocenters. The third-order valence-electron chi connectivity index (χ3n) is 2.12. The van der Waals surface area contributed by atoms with E-state index in [1.165, 1.54) is 0 Å². The Morgan fingerprint density at radius 2 is 1.53 bits per heavy atom. The highest BCUT2D eigenvalue weighted by atomic mass is 79.9. The van der Waals surface area contributed by atoms with Gasteiger partial charge in [0.1, 0.15) is 5.75 Å². The van der Waals surface area contributed by atoms with Gasteiger partial charge in [0.05, 0.1) is 5.02 Å². The Morgan fingerprint density at radius 3 is 2.13 bits per heavy atom. The largest absolute Gasteiger partial charge is 0.508 e. The lowest BCUT2D eigenvalue weighted by atomic mass is 10.1. The smallest absolute Gasteiger partial charge is 0.115 e. The Bertz CT molecular complexity index is 479. The highest BCUT2D eigenvalue weighted by Gasteiger charge is 2.01. The molecule has 0 radical (unpaired) electrons. The molecule has 0 aromatic heterocycles. The first-order chi connectivity index (χ1) is 7.16. The van der Waals surface area contributed by atoms with Crippen LogP contribution in [0.5, 0.6) is 5.75 Å². The van der Waals surface area contributed by atoms with Crippen molar-refractivity contribution in [1.82, 2.24) is 0 Å². The van der Waals surface area contributed by atoms with Gasteiger partial charge in [-0.15, -0.1) is 0 Å². The van der Waals surface area contributed by atoms with Gasteiger partial charge in [0.2, 0.25) is 0 Å². The Morgan fingerprint density at radius 1 is 0.933 bits per heavy atom. The highest BCUT2D eigenvalue weighted by molar-refractivity contribution is 9.10. The summed E-state index contributed by atoms with van der Waals surface area (Å²) < 4.78 is 0.881. The maximum atomic E-state index is 9.17. The van der Waals surface area contributed by atoms with Gasteiger partial charge in [-0.25, -0.2) is 0 Å². The fourth-order valence-electron chi connectivity index (χ4n) is 1.33. The van der Waals surface area contributed by atoms with Crippen molar-refractivity contribution in [1.29, 1.82) is 0 Å². The van der Waals surface area contributed by atoms with E-state index < -0.39 is 0 Å². The van der Waals surface area contributed by atoms with Crippen LogP contribution in [0.25, 0.3) is 11.1 Å². The monoisotopic (exact) mass is 282 g/mol. The summed E-state index contributed by atoms with van der Waals surface area (Å²) in [6.07, 6.45) is 0. The third kappa shape index (κ3) is 2.33. The number of rotatable bonds is 1. The summed E-state index contributed by atoms with van der Waals surface area (Å²) >= 11 is 9.34. The predicted octanol–water partition coefficient (Wildman–Crippen LogP) is 4.48. The van der Waals surface area contributed by atoms with Gasteiger partial charge in [-0.2, -0.15) is 0 Å². The van der Waals surface area contributed by atoms with Crippen LogP contribution in [0, 0.1) is 0 Å². The molecule has 1 N–H and O–H groups in total. The van der Waals surface area contributed by atoms with Crippen molar-refractivity contribution in [2.24, 2.45) is 0 Å². The van der Waals surface area contributed by atoms with Gasteiger partial charge in [0.25, 0.3) is 0 Å². The number of hydrogen-bond donors (Lipinski definition) is 1. The van der Waals surface area contributed by atoms with Crippen molar-refractivity contribution < 1.29 is 5.11 Å². The lowest BCUT2D eigenvalue weighted by Gasteiger charge is -2.03. The molecule has 0 aliphatic carbocycles. The Hall–Kier alpha value is -0.990. The molecule has 3 heteroatoms. The minimum absolute atomic E-state index is 0.266. The van der Waals surface area contributed by atoms with Crippen LogP contribution in [-0.2, 0) is 0 Å². The van der Waals surface area contributed by atoms with Gasteiger partial charge in [0, 0.05) is 4.47 Å². The first-order valence-electron chi connectivity index (χ1n) is 4.41. The molecular formula is C12H8BrClO. The molecule has 76 valence electrons. The predicted molar refractivity (Wildman–Crippen MR) is 66.3 cm³/mol. The van der Waals surface area contributed by atoms with Crippen LogP contribution < -0.4 is 0 Å². The Kier molecular flexibility index (Phi) is 2.98. The van der Waals surface area contributed by atoms with Crippen molar-refractivity contribution in [2.75, 3.05) is 0 Å². The van der Waals surface area contributed by atoms with E-state index in [9.17, 15) is 0 Å². The molecule has 0 atom stereocenters. The molecule has 0 spiro atoms. The first-order valence-corrected chi connectivity index (χ1v) is 5.58. The summed E-state index contributed by atoms with van der Waals surface area (Å²) in [7, 11) is 0. The van der Waals surface area contributed by atoms with Gasteiger partial charge in [-0.1, -0.05) is 29.8 Å². The van der Waals surface area contributed by atoms with Crippen molar-refractivity contribution in [3.8, 4) is 16.9 Å². The van der Waals surface area contributed by atoms with Gasteiger partial charge in [-0.3, -0.25) is 0 Å². The normalized spacial score (nSPS) is 10.3. The molecule has 2 aromatic carbocycles. The van der Waals surface area contributed by atoms with Crippen molar-refractivity contribution >= 4 is 27.5 Å². The van der Waals surface area contributed by atoms with Crippen LogP contribution >= 0.6 is 27.5 Å². The van der Waals surface area contributed by atoms with Crippen LogP contribution in [0.4, 0.5) is 0 Å². The van der Waals surface area contributed by atoms with Crippen LogP contribution in [0.15, 0.2) is 46.9 Å². The average molecular weight is 284 g/mol. The van der Waals surface area contributed by atoms with E-state index in [4.69, 9.17) is 16.7 Å². The fourth-order valence-corrected chi connectivity index (χ4v) is 1.76. The van der Waals surface area contributed by atoms with E-state index in [0.29, 0.717) is 5.02 Å². The summed E-state index contributed by atoms with van der Waals surface area (Å²) in [5, 5.41) is 9.85. The highest BCUT2D eigenvalue weighted by Crippen LogP contribution is 2.29. The maximum Gasteiger partial charge on any atom is 0.115 e. The summed E-state index contributed by atoms with van der Waals surface area (Å²) in [6.45, 7) is 0. The minimum Gasteiger partial charge on any atom is -0.508 e. The lowest BCUT2D eigenvalue weighted by molar-refractivity contribution is 0.475.